The van der Waals surface area contributed by atoms with Gasteiger partial charge in [0.2, 0.25) is 17.7 Å². The molecule has 0 aliphatic rings. The van der Waals surface area contributed by atoms with E-state index in [4.69, 9.17) is 0 Å². The van der Waals surface area contributed by atoms with Crippen molar-refractivity contribution in [3.05, 3.63) is 101 Å². The number of hydrogen-bond acceptors (Lipinski definition) is 6. The van der Waals surface area contributed by atoms with Gasteiger partial charge in [0, 0.05) is 30.6 Å². The van der Waals surface area contributed by atoms with E-state index in [1.165, 1.54) is 6.92 Å². The van der Waals surface area contributed by atoms with Crippen LogP contribution in [0.2, 0.25) is 0 Å². The molecule has 10 heteroatoms. The number of aliphatic hydroxyl groups excluding tert-OH is 1. The van der Waals surface area contributed by atoms with Crippen LogP contribution in [0.25, 0.3) is 0 Å². The lowest BCUT2D eigenvalue weighted by Gasteiger charge is -2.28. The highest BCUT2D eigenvalue weighted by Crippen LogP contribution is 2.17. The summed E-state index contributed by atoms with van der Waals surface area (Å²) in [5, 5.41) is 22.5. The fraction of sp³-hybridized carbons (Fsp3) is 0.364. The van der Waals surface area contributed by atoms with E-state index >= 15 is 0 Å². The van der Waals surface area contributed by atoms with E-state index in [2.05, 4.69) is 26.3 Å². The Balaban J connectivity index is 1.78. The summed E-state index contributed by atoms with van der Waals surface area (Å²) < 4.78 is 0. The van der Waals surface area contributed by atoms with E-state index in [9.17, 15) is 24.3 Å². The van der Waals surface area contributed by atoms with Crippen LogP contribution in [-0.2, 0) is 33.8 Å². The van der Waals surface area contributed by atoms with Crippen molar-refractivity contribution in [3.8, 4) is 0 Å². The van der Waals surface area contributed by atoms with Gasteiger partial charge >= 0.3 is 0 Å². The first-order valence-electron chi connectivity index (χ1n) is 14.3. The number of aromatic nitrogens is 1. The molecule has 0 unspecified atom stereocenters. The molecule has 0 bridgehead atoms. The van der Waals surface area contributed by atoms with E-state index in [0.29, 0.717) is 16.8 Å². The molecule has 0 saturated heterocycles. The van der Waals surface area contributed by atoms with Crippen molar-refractivity contribution in [1.29, 1.82) is 0 Å². The molecule has 0 aliphatic carbocycles. The molecule has 4 amide bonds. The van der Waals surface area contributed by atoms with Crippen LogP contribution in [0, 0.1) is 0 Å². The monoisotopic (exact) mass is 587 g/mol. The number of carbonyl (C=O) groups excluding carboxylic acids is 4. The van der Waals surface area contributed by atoms with E-state index in [1.54, 1.807) is 48.7 Å². The summed E-state index contributed by atoms with van der Waals surface area (Å²) in [6.45, 7) is 7.10. The average molecular weight is 588 g/mol. The van der Waals surface area contributed by atoms with Gasteiger partial charge in [-0.3, -0.25) is 24.2 Å². The third kappa shape index (κ3) is 11.3. The highest BCUT2D eigenvalue weighted by molar-refractivity contribution is 5.96. The number of amides is 4. The maximum atomic E-state index is 13.5. The first-order valence-corrected chi connectivity index (χ1v) is 14.3. The molecule has 0 spiro atoms. The largest absolute Gasteiger partial charge is 0.391 e. The fourth-order valence-corrected chi connectivity index (χ4v) is 4.53. The molecule has 1 heterocycles. The van der Waals surface area contributed by atoms with Gasteiger partial charge in [-0.25, -0.2) is 0 Å². The molecular formula is C33H41N5O5. The molecule has 3 aromatic rings. The lowest BCUT2D eigenvalue weighted by Crippen LogP contribution is -2.54. The molecule has 0 radical (unpaired) electrons. The van der Waals surface area contributed by atoms with Gasteiger partial charge in [-0.1, -0.05) is 54.6 Å². The Labute approximate surface area is 252 Å². The van der Waals surface area contributed by atoms with E-state index < -0.39 is 41.4 Å². The minimum absolute atomic E-state index is 0.0842. The maximum Gasteiger partial charge on any atom is 0.251 e. The zero-order chi connectivity index (χ0) is 31.4. The minimum Gasteiger partial charge on any atom is -0.391 e. The van der Waals surface area contributed by atoms with Crippen LogP contribution >= 0.6 is 0 Å². The molecule has 10 nitrogen and oxygen atoms in total. The normalized spacial score (nSPS) is 13.2. The topological polar surface area (TPSA) is 150 Å². The second kappa shape index (κ2) is 15.6. The molecule has 43 heavy (non-hydrogen) atoms. The van der Waals surface area contributed by atoms with Crippen molar-refractivity contribution in [2.75, 3.05) is 0 Å². The van der Waals surface area contributed by atoms with Crippen LogP contribution in [0.5, 0.6) is 0 Å². The molecule has 228 valence electrons. The summed E-state index contributed by atoms with van der Waals surface area (Å²) in [6.07, 6.45) is 0.581. The molecule has 0 aliphatic heterocycles. The second-order valence-corrected chi connectivity index (χ2v) is 11.5. The van der Waals surface area contributed by atoms with Crippen LogP contribution in [0.15, 0.2) is 79.0 Å². The molecular weight excluding hydrogens is 546 g/mol. The summed E-state index contributed by atoms with van der Waals surface area (Å²) in [5.74, 6) is -1.79. The smallest absolute Gasteiger partial charge is 0.251 e. The Bertz CT molecular complexity index is 1380. The van der Waals surface area contributed by atoms with Gasteiger partial charge in [-0.2, -0.15) is 0 Å². The molecule has 0 saturated carbocycles. The molecule has 5 N–H and O–H groups in total. The zero-order valence-corrected chi connectivity index (χ0v) is 25.1. The van der Waals surface area contributed by atoms with Crippen LogP contribution in [0.3, 0.4) is 0 Å². The summed E-state index contributed by atoms with van der Waals surface area (Å²) >= 11 is 0. The van der Waals surface area contributed by atoms with Gasteiger partial charge in [0.25, 0.3) is 5.91 Å². The van der Waals surface area contributed by atoms with Gasteiger partial charge in [0.1, 0.15) is 6.04 Å². The first-order chi connectivity index (χ1) is 20.4. The summed E-state index contributed by atoms with van der Waals surface area (Å²) in [6, 6.07) is 19.7. The molecule has 3 rings (SSSR count). The van der Waals surface area contributed by atoms with Gasteiger partial charge in [-0.05, 0) is 56.5 Å². The first kappa shape index (κ1) is 32.9. The number of aliphatic hydroxyl groups is 1. The van der Waals surface area contributed by atoms with Crippen molar-refractivity contribution < 1.29 is 24.3 Å². The number of rotatable bonds is 13. The second-order valence-electron chi connectivity index (χ2n) is 11.5. The minimum atomic E-state index is -1.17. The molecule has 3 atom stereocenters. The summed E-state index contributed by atoms with van der Waals surface area (Å²) in [7, 11) is 0. The number of benzene rings is 2. The molecule has 0 fully saturated rings. The van der Waals surface area contributed by atoms with Crippen LogP contribution in [0.4, 0.5) is 0 Å². The van der Waals surface area contributed by atoms with Gasteiger partial charge < -0.3 is 26.4 Å². The fourth-order valence-electron chi connectivity index (χ4n) is 4.53. The number of carbonyl (C=O) groups is 4. The van der Waals surface area contributed by atoms with Gasteiger partial charge in [0.15, 0.2) is 0 Å². The van der Waals surface area contributed by atoms with Crippen LogP contribution in [0.1, 0.15) is 61.3 Å². The number of nitrogens with zero attached hydrogens (tertiary/aromatic N) is 1. The van der Waals surface area contributed by atoms with Crippen molar-refractivity contribution >= 4 is 23.6 Å². The van der Waals surface area contributed by atoms with Crippen LogP contribution in [-0.4, -0.2) is 57.4 Å². The Kier molecular flexibility index (Phi) is 11.9. The highest BCUT2D eigenvalue weighted by atomic mass is 16.3. The van der Waals surface area contributed by atoms with Crippen molar-refractivity contribution in [1.82, 2.24) is 26.3 Å². The number of nitrogens with one attached hydrogen (secondary N) is 4. The lowest BCUT2D eigenvalue weighted by molar-refractivity contribution is -0.132. The third-order valence-electron chi connectivity index (χ3n) is 6.55. The molecule has 2 aromatic carbocycles. The average Bonchev–Trinajstić information content (AvgIpc) is 2.95. The van der Waals surface area contributed by atoms with Crippen molar-refractivity contribution in [3.63, 3.8) is 0 Å². The predicted octanol–water partition coefficient (Wildman–Crippen LogP) is 2.45. The van der Waals surface area contributed by atoms with E-state index in [1.807, 2.05) is 51.1 Å². The number of pyridine rings is 1. The van der Waals surface area contributed by atoms with Crippen molar-refractivity contribution in [2.24, 2.45) is 0 Å². The van der Waals surface area contributed by atoms with Crippen LogP contribution < -0.4 is 21.3 Å². The summed E-state index contributed by atoms with van der Waals surface area (Å²) in [4.78, 5) is 55.3. The maximum absolute atomic E-state index is 13.5. The number of hydrogen-bond donors (Lipinski definition) is 5. The third-order valence-corrected chi connectivity index (χ3v) is 6.55. The SMILES string of the molecule is CC(=O)N[C@H](CC(=O)NCc1ccccn1)C(=O)N[C@@H](Cc1ccccc1)[C@H](O)Cc1ccccc1C(=O)NC(C)(C)C. The molecule has 1 aromatic heterocycles. The quantitative estimate of drug-likeness (QED) is 0.207. The predicted molar refractivity (Wildman–Crippen MR) is 164 cm³/mol. The van der Waals surface area contributed by atoms with E-state index in [-0.39, 0.29) is 31.7 Å². The standard InChI is InChI=1S/C33H41N5O5/c1-22(39)36-28(20-30(41)35-21-25-15-10-11-17-34-25)32(43)37-27(18-23-12-6-5-7-13-23)29(40)19-24-14-8-9-16-26(24)31(42)38-33(2,3)4/h5-17,27-29,40H,18-21H2,1-4H3,(H,35,41)(H,36,39)(H,37,43)(H,38,42)/t27-,28+,29+/m0/s1. The van der Waals surface area contributed by atoms with E-state index in [0.717, 1.165) is 5.56 Å². The van der Waals surface area contributed by atoms with Gasteiger partial charge in [-0.15, -0.1) is 0 Å². The Morgan fingerprint density at radius 2 is 1.53 bits per heavy atom. The summed E-state index contributed by atoms with van der Waals surface area (Å²) in [5.41, 5.74) is 2.13. The Hall–Kier alpha value is -4.57. The van der Waals surface area contributed by atoms with Crippen molar-refractivity contribution in [2.45, 2.75) is 77.2 Å². The zero-order valence-electron chi connectivity index (χ0n) is 25.1. The highest BCUT2D eigenvalue weighted by Gasteiger charge is 2.29. The Morgan fingerprint density at radius 3 is 2.19 bits per heavy atom. The lowest BCUT2D eigenvalue weighted by atomic mass is 9.93. The Morgan fingerprint density at radius 1 is 0.860 bits per heavy atom. The van der Waals surface area contributed by atoms with Gasteiger partial charge in [0.05, 0.1) is 30.8 Å².